The number of carbonyl (C=O) groups is 1. The molecule has 0 amide bonds. The summed E-state index contributed by atoms with van der Waals surface area (Å²) >= 11 is 0. The number of fused-ring (bicyclic) bond motifs is 3. The zero-order chi connectivity index (χ0) is 32.8. The van der Waals surface area contributed by atoms with Crippen molar-refractivity contribution in [1.82, 2.24) is 0 Å². The van der Waals surface area contributed by atoms with Gasteiger partial charge >= 0.3 is 5.97 Å². The van der Waals surface area contributed by atoms with Crippen molar-refractivity contribution in [3.05, 3.63) is 11.6 Å². The Kier molecular flexibility index (Phi) is 8.50. The molecule has 5 fully saturated rings. The molecular weight excluding hydrogens is 566 g/mol. The third kappa shape index (κ3) is 4.63. The third-order valence-corrected chi connectivity index (χ3v) is 15.9. The van der Waals surface area contributed by atoms with Gasteiger partial charge in [0, 0.05) is 36.7 Å². The minimum Gasteiger partial charge on any atom is -0.481 e. The SMILES string of the molecule is CO[C@@H]1C[C@]23C4=CC[C@@]5(C)[C@H](C(=O)O)[C@@](C)([C@H](C)C(C)C)CC[C@]5(C)[C@H]4CC[C@H]2[C@@](C)(CO[C@H]3C)[C@H]1OCC1(N)CCOCC1. The quantitative estimate of drug-likeness (QED) is 0.297. The second-order valence-corrected chi connectivity index (χ2v) is 17.9. The molecular formula is C38H63NO6. The van der Waals surface area contributed by atoms with Crippen molar-refractivity contribution >= 4 is 5.97 Å². The second kappa shape index (κ2) is 11.3. The van der Waals surface area contributed by atoms with Gasteiger partial charge in [0.1, 0.15) is 0 Å². The summed E-state index contributed by atoms with van der Waals surface area (Å²) in [6.45, 7) is 21.1. The number of ether oxygens (including phenoxy) is 4. The Morgan fingerprint density at radius 3 is 2.38 bits per heavy atom. The van der Waals surface area contributed by atoms with Crippen LogP contribution in [0.4, 0.5) is 0 Å². The molecule has 2 bridgehead atoms. The number of allylic oxidation sites excluding steroid dienone is 1. The summed E-state index contributed by atoms with van der Waals surface area (Å²) in [6, 6.07) is 0. The molecule has 4 aliphatic carbocycles. The average Bonchev–Trinajstić information content (AvgIpc) is 2.98. The largest absolute Gasteiger partial charge is 0.481 e. The van der Waals surface area contributed by atoms with Gasteiger partial charge in [-0.05, 0) is 98.2 Å². The molecule has 3 saturated carbocycles. The van der Waals surface area contributed by atoms with Crippen LogP contribution in [0.15, 0.2) is 11.6 Å². The van der Waals surface area contributed by atoms with Crippen molar-refractivity contribution in [2.45, 2.75) is 131 Å². The average molecular weight is 630 g/mol. The predicted octanol–water partition coefficient (Wildman–Crippen LogP) is 6.87. The van der Waals surface area contributed by atoms with E-state index < -0.39 is 5.97 Å². The minimum absolute atomic E-state index is 0.0601. The first-order chi connectivity index (χ1) is 21.0. The Bertz CT molecular complexity index is 1180. The van der Waals surface area contributed by atoms with Crippen LogP contribution in [0.2, 0.25) is 0 Å². The summed E-state index contributed by atoms with van der Waals surface area (Å²) < 4.78 is 25.7. The summed E-state index contributed by atoms with van der Waals surface area (Å²) in [7, 11) is 1.85. The van der Waals surface area contributed by atoms with E-state index in [1.807, 2.05) is 7.11 Å². The summed E-state index contributed by atoms with van der Waals surface area (Å²) in [5.41, 5.74) is 6.98. The van der Waals surface area contributed by atoms with Gasteiger partial charge in [-0.1, -0.05) is 60.1 Å². The lowest BCUT2D eigenvalue weighted by molar-refractivity contribution is -0.288. The molecule has 2 saturated heterocycles. The molecule has 7 heteroatoms. The van der Waals surface area contributed by atoms with Crippen LogP contribution in [0.25, 0.3) is 0 Å². The topological polar surface area (TPSA) is 100 Å². The maximum absolute atomic E-state index is 13.4. The first kappa shape index (κ1) is 33.9. The van der Waals surface area contributed by atoms with Crippen LogP contribution < -0.4 is 5.73 Å². The van der Waals surface area contributed by atoms with Gasteiger partial charge in [-0.15, -0.1) is 0 Å². The van der Waals surface area contributed by atoms with E-state index in [9.17, 15) is 9.90 Å². The van der Waals surface area contributed by atoms with Crippen molar-refractivity contribution in [2.24, 2.45) is 62.4 Å². The van der Waals surface area contributed by atoms with E-state index in [2.05, 4.69) is 61.5 Å². The van der Waals surface area contributed by atoms with Crippen LogP contribution in [0.3, 0.4) is 0 Å². The molecule has 0 aromatic carbocycles. The molecule has 256 valence electrons. The number of carboxylic acid groups (broad SMARTS) is 1. The molecule has 0 spiro atoms. The van der Waals surface area contributed by atoms with Gasteiger partial charge in [0.2, 0.25) is 0 Å². The maximum atomic E-state index is 13.4. The van der Waals surface area contributed by atoms with E-state index in [1.165, 1.54) is 0 Å². The molecule has 2 aliphatic heterocycles. The number of carboxylic acids is 1. The summed E-state index contributed by atoms with van der Waals surface area (Å²) in [4.78, 5) is 13.4. The molecule has 0 unspecified atom stereocenters. The highest BCUT2D eigenvalue weighted by Gasteiger charge is 2.73. The molecule has 6 aliphatic rings. The zero-order valence-corrected chi connectivity index (χ0v) is 29.7. The standard InChI is InChI=1S/C38H63NO6/c1-23(2)24(3)33(5)14-15-35(7)26-10-11-29-34(6)21-44-25(4)38(29,27(26)12-13-36(35,8)30(33)32(40)41)20-28(42-9)31(34)45-22-37(39)16-18-43-19-17-37/h12,23-26,28-31H,10-11,13-22,39H2,1-9H3,(H,40,41)/t24-,25+,26+,28-,29+,30-,31+,33-,34-,35-,36+,38+/m1/s1. The van der Waals surface area contributed by atoms with E-state index in [0.29, 0.717) is 50.1 Å². The van der Waals surface area contributed by atoms with E-state index in [1.54, 1.807) is 5.57 Å². The summed E-state index contributed by atoms with van der Waals surface area (Å²) in [6.07, 6.45) is 9.97. The summed E-state index contributed by atoms with van der Waals surface area (Å²) in [5, 5.41) is 11.0. The molecule has 45 heavy (non-hydrogen) atoms. The Labute approximate surface area is 272 Å². The van der Waals surface area contributed by atoms with E-state index >= 15 is 0 Å². The third-order valence-electron chi connectivity index (χ3n) is 15.9. The number of hydrogen-bond donors (Lipinski definition) is 2. The number of methoxy groups -OCH3 is 1. The fourth-order valence-corrected chi connectivity index (χ4v) is 12.6. The molecule has 3 N–H and O–H groups in total. The fourth-order valence-electron chi connectivity index (χ4n) is 12.6. The van der Waals surface area contributed by atoms with Gasteiger partial charge < -0.3 is 29.8 Å². The van der Waals surface area contributed by atoms with Crippen LogP contribution in [0, 0.1) is 56.7 Å². The number of aliphatic carboxylic acids is 1. The number of nitrogens with two attached hydrogens (primary N) is 1. The maximum Gasteiger partial charge on any atom is 0.307 e. The Morgan fingerprint density at radius 2 is 1.76 bits per heavy atom. The van der Waals surface area contributed by atoms with E-state index in [0.717, 1.165) is 51.4 Å². The van der Waals surface area contributed by atoms with Crippen LogP contribution in [0.5, 0.6) is 0 Å². The highest BCUT2D eigenvalue weighted by atomic mass is 16.5. The molecule has 0 aromatic rings. The molecule has 6 rings (SSSR count). The van der Waals surface area contributed by atoms with Crippen molar-refractivity contribution < 1.29 is 28.8 Å². The normalized spacial score (nSPS) is 49.7. The van der Waals surface area contributed by atoms with Crippen LogP contribution in [-0.2, 0) is 23.7 Å². The van der Waals surface area contributed by atoms with Gasteiger partial charge in [-0.2, -0.15) is 0 Å². The first-order valence-electron chi connectivity index (χ1n) is 18.1. The van der Waals surface area contributed by atoms with E-state index in [4.69, 9.17) is 24.7 Å². The van der Waals surface area contributed by atoms with Crippen molar-refractivity contribution in [2.75, 3.05) is 33.5 Å². The van der Waals surface area contributed by atoms with Gasteiger partial charge in [-0.25, -0.2) is 0 Å². The lowest BCUT2D eigenvalue weighted by Crippen LogP contribution is -2.72. The van der Waals surface area contributed by atoms with Crippen molar-refractivity contribution in [3.8, 4) is 0 Å². The predicted molar refractivity (Wildman–Crippen MR) is 176 cm³/mol. The van der Waals surface area contributed by atoms with E-state index in [-0.39, 0.29) is 56.8 Å². The Hall–Kier alpha value is -0.990. The fraction of sp³-hybridized carbons (Fsp3) is 0.921. The van der Waals surface area contributed by atoms with Crippen molar-refractivity contribution in [1.29, 1.82) is 0 Å². The van der Waals surface area contributed by atoms with Crippen molar-refractivity contribution in [3.63, 3.8) is 0 Å². The minimum atomic E-state index is -0.608. The lowest BCUT2D eigenvalue weighted by Gasteiger charge is -2.72. The van der Waals surface area contributed by atoms with Crippen LogP contribution in [-0.4, -0.2) is 68.5 Å². The molecule has 2 heterocycles. The monoisotopic (exact) mass is 629 g/mol. The molecule has 7 nitrogen and oxygen atoms in total. The highest BCUT2D eigenvalue weighted by molar-refractivity contribution is 5.73. The Morgan fingerprint density at radius 1 is 1.07 bits per heavy atom. The van der Waals surface area contributed by atoms with Crippen LogP contribution in [0.1, 0.15) is 107 Å². The number of hydrogen-bond acceptors (Lipinski definition) is 6. The molecule has 0 radical (unpaired) electrons. The highest BCUT2D eigenvalue weighted by Crippen LogP contribution is 2.75. The molecule has 0 aromatic heterocycles. The Balaban J connectivity index is 1.39. The van der Waals surface area contributed by atoms with Gasteiger partial charge in [-0.3, -0.25) is 4.79 Å². The second-order valence-electron chi connectivity index (χ2n) is 17.9. The lowest BCUT2D eigenvalue weighted by atomic mass is 9.34. The van der Waals surface area contributed by atoms with Gasteiger partial charge in [0.05, 0.1) is 37.4 Å². The van der Waals surface area contributed by atoms with Crippen LogP contribution >= 0.6 is 0 Å². The zero-order valence-electron chi connectivity index (χ0n) is 29.7. The summed E-state index contributed by atoms with van der Waals surface area (Å²) in [5.74, 6) is 0.530. The first-order valence-corrected chi connectivity index (χ1v) is 18.1. The van der Waals surface area contributed by atoms with Gasteiger partial charge in [0.25, 0.3) is 0 Å². The molecule has 12 atom stereocenters. The van der Waals surface area contributed by atoms with Gasteiger partial charge in [0.15, 0.2) is 0 Å². The smallest absolute Gasteiger partial charge is 0.307 e. The number of rotatable bonds is 7.